The van der Waals surface area contributed by atoms with E-state index < -0.39 is 0 Å². The highest BCUT2D eigenvalue weighted by Gasteiger charge is 2.05. The number of aldehydes is 1. The van der Waals surface area contributed by atoms with E-state index >= 15 is 0 Å². The van der Waals surface area contributed by atoms with Gasteiger partial charge in [0.05, 0.1) is 6.54 Å². The number of rotatable bonds is 7. The lowest BCUT2D eigenvalue weighted by atomic mass is 10.1. The number of ether oxygens (including phenoxy) is 1. The number of nitrogens with zero attached hydrogens (tertiary/aromatic N) is 3. The molecular weight excluding hydrogens is 314 g/mol. The fraction of sp³-hybridized carbons (Fsp3) is 0.150. The molecule has 0 atom stereocenters. The third kappa shape index (κ3) is 4.41. The summed E-state index contributed by atoms with van der Waals surface area (Å²) >= 11 is 0. The van der Waals surface area contributed by atoms with Crippen LogP contribution < -0.4 is 9.64 Å². The first-order valence-corrected chi connectivity index (χ1v) is 8.03. The zero-order valence-electron chi connectivity index (χ0n) is 14.0. The maximum atomic E-state index is 10.6. The second kappa shape index (κ2) is 8.06. The molecule has 0 spiro atoms. The summed E-state index contributed by atoms with van der Waals surface area (Å²) in [5.74, 6) is 1.39. The fourth-order valence-corrected chi connectivity index (χ4v) is 2.34. The number of hydrogen-bond donors (Lipinski definition) is 0. The minimum absolute atomic E-state index is 0.501. The predicted molar refractivity (Wildman–Crippen MR) is 98.1 cm³/mol. The Morgan fingerprint density at radius 2 is 1.64 bits per heavy atom. The average molecular weight is 333 g/mol. The van der Waals surface area contributed by atoms with Gasteiger partial charge in [-0.3, -0.25) is 4.79 Å². The Morgan fingerprint density at radius 3 is 2.28 bits per heavy atom. The quantitative estimate of drug-likeness (QED) is 0.620. The number of aromatic nitrogens is 2. The first-order valence-electron chi connectivity index (χ1n) is 8.03. The summed E-state index contributed by atoms with van der Waals surface area (Å²) in [6, 6.07) is 17.1. The Labute approximate surface area is 146 Å². The highest BCUT2D eigenvalue weighted by atomic mass is 16.5. The second-order valence-corrected chi connectivity index (χ2v) is 5.59. The Bertz CT molecular complexity index is 803. The third-order valence-electron chi connectivity index (χ3n) is 3.80. The summed E-state index contributed by atoms with van der Waals surface area (Å²) in [5, 5.41) is 0. The van der Waals surface area contributed by atoms with Gasteiger partial charge in [-0.05, 0) is 29.8 Å². The molecule has 0 aliphatic heterocycles. The van der Waals surface area contributed by atoms with E-state index in [4.69, 9.17) is 4.74 Å². The van der Waals surface area contributed by atoms with E-state index in [1.54, 1.807) is 24.3 Å². The van der Waals surface area contributed by atoms with Crippen molar-refractivity contribution in [3.63, 3.8) is 0 Å². The molecule has 126 valence electrons. The zero-order chi connectivity index (χ0) is 17.5. The molecular formula is C20H19N3O2. The Hall–Kier alpha value is -3.21. The van der Waals surface area contributed by atoms with Crippen molar-refractivity contribution in [1.29, 1.82) is 0 Å². The van der Waals surface area contributed by atoms with E-state index in [-0.39, 0.29) is 0 Å². The highest BCUT2D eigenvalue weighted by Crippen LogP contribution is 2.18. The van der Waals surface area contributed by atoms with Crippen LogP contribution in [-0.2, 0) is 0 Å². The van der Waals surface area contributed by atoms with Gasteiger partial charge < -0.3 is 9.64 Å². The predicted octanol–water partition coefficient (Wildman–Crippen LogP) is 3.47. The van der Waals surface area contributed by atoms with Gasteiger partial charge in [0.15, 0.2) is 0 Å². The lowest BCUT2D eigenvalue weighted by molar-refractivity contribution is 0.112. The topological polar surface area (TPSA) is 55.3 Å². The van der Waals surface area contributed by atoms with Crippen LogP contribution in [0.1, 0.15) is 10.4 Å². The van der Waals surface area contributed by atoms with Crippen LogP contribution in [0.5, 0.6) is 5.75 Å². The summed E-state index contributed by atoms with van der Waals surface area (Å²) < 4.78 is 5.68. The molecule has 5 heteroatoms. The molecule has 0 saturated heterocycles. The van der Waals surface area contributed by atoms with Gasteiger partial charge in [-0.25, -0.2) is 9.97 Å². The van der Waals surface area contributed by atoms with Crippen LogP contribution in [0.25, 0.3) is 11.1 Å². The summed E-state index contributed by atoms with van der Waals surface area (Å²) in [5.41, 5.74) is 2.72. The van der Waals surface area contributed by atoms with Crippen molar-refractivity contribution in [2.24, 2.45) is 0 Å². The molecule has 3 rings (SSSR count). The standard InChI is InChI=1S/C20H19N3O2/c1-23(11-12-25-19-9-7-16(15-24)8-10-19)20-21-13-18(14-22-20)17-5-3-2-4-6-17/h2-10,13-15H,11-12H2,1H3. The number of anilines is 1. The van der Waals surface area contributed by atoms with Crippen LogP contribution in [0.4, 0.5) is 5.95 Å². The van der Waals surface area contributed by atoms with Crippen molar-refractivity contribution >= 4 is 12.2 Å². The first kappa shape index (κ1) is 16.6. The Kier molecular flexibility index (Phi) is 5.36. The molecule has 0 saturated carbocycles. The van der Waals surface area contributed by atoms with Crippen LogP contribution >= 0.6 is 0 Å². The average Bonchev–Trinajstić information content (AvgIpc) is 2.69. The van der Waals surface area contributed by atoms with E-state index in [1.807, 2.05) is 54.7 Å². The molecule has 3 aromatic rings. The smallest absolute Gasteiger partial charge is 0.225 e. The molecule has 0 bridgehead atoms. The van der Waals surface area contributed by atoms with E-state index in [9.17, 15) is 4.79 Å². The Balaban J connectivity index is 1.54. The van der Waals surface area contributed by atoms with Crippen molar-refractivity contribution in [1.82, 2.24) is 9.97 Å². The number of carbonyl (C=O) groups excluding carboxylic acids is 1. The molecule has 0 radical (unpaired) electrons. The van der Waals surface area contributed by atoms with Crippen molar-refractivity contribution in [3.8, 4) is 16.9 Å². The molecule has 1 aromatic heterocycles. The molecule has 2 aromatic carbocycles. The second-order valence-electron chi connectivity index (χ2n) is 5.59. The van der Waals surface area contributed by atoms with Crippen LogP contribution in [0, 0.1) is 0 Å². The molecule has 0 aliphatic carbocycles. The zero-order valence-corrected chi connectivity index (χ0v) is 14.0. The lowest BCUT2D eigenvalue weighted by Gasteiger charge is -2.17. The normalized spacial score (nSPS) is 10.3. The number of benzene rings is 2. The van der Waals surface area contributed by atoms with E-state index in [0.29, 0.717) is 24.7 Å². The molecule has 0 fully saturated rings. The SMILES string of the molecule is CN(CCOc1ccc(C=O)cc1)c1ncc(-c2ccccc2)cn1. The largest absolute Gasteiger partial charge is 0.492 e. The van der Waals surface area contributed by atoms with Gasteiger partial charge in [-0.2, -0.15) is 0 Å². The minimum atomic E-state index is 0.501. The van der Waals surface area contributed by atoms with Crippen molar-refractivity contribution in [2.45, 2.75) is 0 Å². The number of hydrogen-bond acceptors (Lipinski definition) is 5. The molecule has 0 N–H and O–H groups in total. The third-order valence-corrected chi connectivity index (χ3v) is 3.80. The Morgan fingerprint density at radius 1 is 0.960 bits per heavy atom. The molecule has 0 unspecified atom stereocenters. The number of likely N-dealkylation sites (N-methyl/N-ethyl adjacent to an activating group) is 1. The van der Waals surface area contributed by atoms with Gasteiger partial charge in [-0.1, -0.05) is 30.3 Å². The van der Waals surface area contributed by atoms with Crippen molar-refractivity contribution in [2.75, 3.05) is 25.1 Å². The first-order chi connectivity index (χ1) is 12.3. The lowest BCUT2D eigenvalue weighted by Crippen LogP contribution is -2.25. The van der Waals surface area contributed by atoms with E-state index in [2.05, 4.69) is 9.97 Å². The molecule has 25 heavy (non-hydrogen) atoms. The van der Waals surface area contributed by atoms with Crippen LogP contribution in [-0.4, -0.2) is 36.5 Å². The van der Waals surface area contributed by atoms with Crippen LogP contribution in [0.2, 0.25) is 0 Å². The molecule has 1 heterocycles. The summed E-state index contributed by atoms with van der Waals surface area (Å²) in [7, 11) is 1.93. The van der Waals surface area contributed by atoms with Gasteiger partial charge in [0, 0.05) is 30.6 Å². The summed E-state index contributed by atoms with van der Waals surface area (Å²) in [6.07, 6.45) is 4.47. The highest BCUT2D eigenvalue weighted by molar-refractivity contribution is 5.74. The van der Waals surface area contributed by atoms with Gasteiger partial charge >= 0.3 is 0 Å². The monoisotopic (exact) mass is 333 g/mol. The molecule has 5 nitrogen and oxygen atoms in total. The maximum absolute atomic E-state index is 10.6. The fourth-order valence-electron chi connectivity index (χ4n) is 2.34. The summed E-state index contributed by atoms with van der Waals surface area (Å²) in [6.45, 7) is 1.15. The van der Waals surface area contributed by atoms with Gasteiger partial charge in [0.1, 0.15) is 18.6 Å². The van der Waals surface area contributed by atoms with E-state index in [1.165, 1.54) is 0 Å². The summed E-state index contributed by atoms with van der Waals surface area (Å²) in [4.78, 5) is 21.4. The van der Waals surface area contributed by atoms with Crippen LogP contribution in [0.3, 0.4) is 0 Å². The van der Waals surface area contributed by atoms with E-state index in [0.717, 1.165) is 23.2 Å². The molecule has 0 amide bonds. The van der Waals surface area contributed by atoms with Gasteiger partial charge in [0.25, 0.3) is 0 Å². The minimum Gasteiger partial charge on any atom is -0.492 e. The molecule has 0 aliphatic rings. The van der Waals surface area contributed by atoms with Gasteiger partial charge in [-0.15, -0.1) is 0 Å². The van der Waals surface area contributed by atoms with Crippen molar-refractivity contribution in [3.05, 3.63) is 72.6 Å². The maximum Gasteiger partial charge on any atom is 0.225 e. The van der Waals surface area contributed by atoms with Crippen LogP contribution in [0.15, 0.2) is 67.0 Å². The van der Waals surface area contributed by atoms with Crippen molar-refractivity contribution < 1.29 is 9.53 Å². The van der Waals surface area contributed by atoms with Gasteiger partial charge in [0.2, 0.25) is 5.95 Å². The number of carbonyl (C=O) groups is 1.